The van der Waals surface area contributed by atoms with E-state index in [1.54, 1.807) is 0 Å². The van der Waals surface area contributed by atoms with Crippen LogP contribution in [0, 0.1) is 0 Å². The van der Waals surface area contributed by atoms with Gasteiger partial charge in [-0.25, -0.2) is 4.99 Å². The first-order chi connectivity index (χ1) is 13.4. The lowest BCUT2D eigenvalue weighted by atomic mass is 10.2. The van der Waals surface area contributed by atoms with E-state index in [1.807, 2.05) is 30.3 Å². The molecule has 0 bridgehead atoms. The average Bonchev–Trinajstić information content (AvgIpc) is 3.16. The number of hydrogen-bond donors (Lipinski definition) is 0. The molecule has 4 rings (SSSR count). The van der Waals surface area contributed by atoms with Crippen LogP contribution in [-0.2, 0) is 11.3 Å². The number of nitrogens with zero attached hydrogens (tertiary/aromatic N) is 4. The van der Waals surface area contributed by atoms with Gasteiger partial charge in [-0.15, -0.1) is 0 Å². The van der Waals surface area contributed by atoms with Crippen LogP contribution in [0.15, 0.2) is 70.6 Å². The Morgan fingerprint density at radius 1 is 0.889 bits per heavy atom. The molecule has 140 valence electrons. The first-order valence-electron chi connectivity index (χ1n) is 9.71. The minimum atomic E-state index is 0.729. The molecule has 5 nitrogen and oxygen atoms in total. The molecular weight excluding hydrogens is 336 g/mol. The van der Waals surface area contributed by atoms with Gasteiger partial charge in [0.05, 0.1) is 18.9 Å². The molecule has 27 heavy (non-hydrogen) atoms. The molecule has 0 radical (unpaired) electrons. The standard InChI is InChI=1S/C22H26N4O/c1-3-8-19(9-4-1)18-26-13-7-12-21(26)24-22(25-14-16-27-17-15-25)23-20-10-5-2-6-11-20/h1-6,8-11H,7,12-18H2/b23-22-,24-21-. The molecule has 0 aliphatic carbocycles. The van der Waals surface area contributed by atoms with Gasteiger partial charge in [-0.2, -0.15) is 4.99 Å². The highest BCUT2D eigenvalue weighted by molar-refractivity contribution is 5.97. The molecule has 2 fully saturated rings. The first kappa shape index (κ1) is 17.7. The number of morpholine rings is 1. The van der Waals surface area contributed by atoms with E-state index < -0.39 is 0 Å². The van der Waals surface area contributed by atoms with Crippen LogP contribution in [0.25, 0.3) is 0 Å². The van der Waals surface area contributed by atoms with Gasteiger partial charge < -0.3 is 14.5 Å². The highest BCUT2D eigenvalue weighted by Gasteiger charge is 2.22. The fourth-order valence-corrected chi connectivity index (χ4v) is 3.48. The molecule has 0 aromatic heterocycles. The van der Waals surface area contributed by atoms with E-state index in [2.05, 4.69) is 40.1 Å². The van der Waals surface area contributed by atoms with Crippen molar-refractivity contribution in [1.29, 1.82) is 0 Å². The molecule has 0 amide bonds. The smallest absolute Gasteiger partial charge is 0.227 e. The van der Waals surface area contributed by atoms with Gasteiger partial charge in [-0.1, -0.05) is 48.5 Å². The van der Waals surface area contributed by atoms with Gasteiger partial charge in [-0.05, 0) is 24.1 Å². The van der Waals surface area contributed by atoms with Crippen molar-refractivity contribution in [2.24, 2.45) is 9.98 Å². The maximum absolute atomic E-state index is 5.51. The molecule has 5 heteroatoms. The molecule has 0 unspecified atom stereocenters. The zero-order chi connectivity index (χ0) is 18.3. The van der Waals surface area contributed by atoms with Gasteiger partial charge >= 0.3 is 0 Å². The van der Waals surface area contributed by atoms with Crippen molar-refractivity contribution in [2.75, 3.05) is 32.8 Å². The number of guanidine groups is 1. The maximum Gasteiger partial charge on any atom is 0.227 e. The third kappa shape index (κ3) is 4.74. The minimum Gasteiger partial charge on any atom is -0.378 e. The number of benzene rings is 2. The summed E-state index contributed by atoms with van der Waals surface area (Å²) in [5.41, 5.74) is 2.26. The topological polar surface area (TPSA) is 40.4 Å². The highest BCUT2D eigenvalue weighted by Crippen LogP contribution is 2.18. The quantitative estimate of drug-likeness (QED) is 0.617. The van der Waals surface area contributed by atoms with E-state index in [4.69, 9.17) is 14.7 Å². The summed E-state index contributed by atoms with van der Waals surface area (Å²) in [5, 5.41) is 0. The molecule has 2 aliphatic rings. The second-order valence-corrected chi connectivity index (χ2v) is 6.89. The van der Waals surface area contributed by atoms with Gasteiger partial charge in [-0.3, -0.25) is 0 Å². The highest BCUT2D eigenvalue weighted by atomic mass is 16.5. The van der Waals surface area contributed by atoms with Crippen LogP contribution in [0.5, 0.6) is 0 Å². The molecule has 2 aromatic carbocycles. The van der Waals surface area contributed by atoms with E-state index in [-0.39, 0.29) is 0 Å². The van der Waals surface area contributed by atoms with Gasteiger partial charge in [0.2, 0.25) is 5.96 Å². The van der Waals surface area contributed by atoms with Crippen molar-refractivity contribution in [3.8, 4) is 0 Å². The summed E-state index contributed by atoms with van der Waals surface area (Å²) >= 11 is 0. The predicted molar refractivity (Wildman–Crippen MR) is 109 cm³/mol. The predicted octanol–water partition coefficient (Wildman–Crippen LogP) is 3.70. The van der Waals surface area contributed by atoms with E-state index in [9.17, 15) is 0 Å². The summed E-state index contributed by atoms with van der Waals surface area (Å²) in [6, 6.07) is 20.7. The Balaban J connectivity index is 1.59. The van der Waals surface area contributed by atoms with Crippen molar-refractivity contribution in [2.45, 2.75) is 19.4 Å². The number of rotatable bonds is 3. The van der Waals surface area contributed by atoms with Crippen molar-refractivity contribution in [3.05, 3.63) is 66.2 Å². The van der Waals surface area contributed by atoms with E-state index in [1.165, 1.54) is 5.56 Å². The largest absolute Gasteiger partial charge is 0.378 e. The third-order valence-electron chi connectivity index (χ3n) is 4.92. The Labute approximate surface area is 161 Å². The number of para-hydroxylation sites is 1. The summed E-state index contributed by atoms with van der Waals surface area (Å²) in [5.74, 6) is 1.94. The third-order valence-corrected chi connectivity index (χ3v) is 4.92. The van der Waals surface area contributed by atoms with Crippen LogP contribution >= 0.6 is 0 Å². The van der Waals surface area contributed by atoms with Crippen molar-refractivity contribution < 1.29 is 4.74 Å². The molecule has 0 spiro atoms. The molecule has 2 aromatic rings. The van der Waals surface area contributed by atoms with Crippen LogP contribution in [-0.4, -0.2) is 54.4 Å². The molecule has 2 aliphatic heterocycles. The van der Waals surface area contributed by atoms with Gasteiger partial charge in [0.15, 0.2) is 0 Å². The summed E-state index contributed by atoms with van der Waals surface area (Å²) in [4.78, 5) is 14.5. The van der Waals surface area contributed by atoms with Gasteiger partial charge in [0.1, 0.15) is 5.84 Å². The SMILES string of the molecule is c1ccc(CN2CCC/C2=N/C(=N/c2ccccc2)N2CCOCC2)cc1. The number of aliphatic imine (C=N–C) groups is 2. The molecule has 0 atom stereocenters. The van der Waals surface area contributed by atoms with Crippen LogP contribution < -0.4 is 0 Å². The summed E-state index contributed by atoms with van der Waals surface area (Å²) < 4.78 is 5.51. The van der Waals surface area contributed by atoms with Crippen LogP contribution in [0.4, 0.5) is 5.69 Å². The van der Waals surface area contributed by atoms with Crippen molar-refractivity contribution in [3.63, 3.8) is 0 Å². The lowest BCUT2D eigenvalue weighted by Gasteiger charge is -2.28. The Bertz CT molecular complexity index is 782. The first-order valence-corrected chi connectivity index (χ1v) is 9.71. The van der Waals surface area contributed by atoms with E-state index in [0.717, 1.165) is 69.7 Å². The molecule has 2 saturated heterocycles. The summed E-state index contributed by atoms with van der Waals surface area (Å²) in [6.45, 7) is 5.08. The number of amidine groups is 1. The molecule has 0 saturated carbocycles. The average molecular weight is 362 g/mol. The maximum atomic E-state index is 5.51. The van der Waals surface area contributed by atoms with Crippen molar-refractivity contribution in [1.82, 2.24) is 9.80 Å². The zero-order valence-electron chi connectivity index (χ0n) is 15.6. The second kappa shape index (κ2) is 8.82. The Hall–Kier alpha value is -2.66. The number of hydrogen-bond acceptors (Lipinski definition) is 2. The van der Waals surface area contributed by atoms with E-state index >= 15 is 0 Å². The number of likely N-dealkylation sites (tertiary alicyclic amines) is 1. The summed E-state index contributed by atoms with van der Waals surface area (Å²) in [7, 11) is 0. The van der Waals surface area contributed by atoms with Gasteiger partial charge in [0.25, 0.3) is 0 Å². The molecular formula is C22H26N4O. The summed E-state index contributed by atoms with van der Waals surface area (Å²) in [6.07, 6.45) is 2.15. The molecule has 2 heterocycles. The fraction of sp³-hybridized carbons (Fsp3) is 0.364. The van der Waals surface area contributed by atoms with E-state index in [0.29, 0.717) is 0 Å². The Morgan fingerprint density at radius 3 is 2.33 bits per heavy atom. The monoisotopic (exact) mass is 362 g/mol. The van der Waals surface area contributed by atoms with Crippen LogP contribution in [0.3, 0.4) is 0 Å². The number of ether oxygens (including phenoxy) is 1. The lowest BCUT2D eigenvalue weighted by Crippen LogP contribution is -2.41. The zero-order valence-corrected chi connectivity index (χ0v) is 15.6. The molecule has 0 N–H and O–H groups in total. The van der Waals surface area contributed by atoms with Gasteiger partial charge in [0, 0.05) is 32.6 Å². The minimum absolute atomic E-state index is 0.729. The lowest BCUT2D eigenvalue weighted by molar-refractivity contribution is 0.0676. The van der Waals surface area contributed by atoms with Crippen LogP contribution in [0.1, 0.15) is 18.4 Å². The second-order valence-electron chi connectivity index (χ2n) is 6.89. The van der Waals surface area contributed by atoms with Crippen LogP contribution in [0.2, 0.25) is 0 Å². The Morgan fingerprint density at radius 2 is 1.59 bits per heavy atom. The fourth-order valence-electron chi connectivity index (χ4n) is 3.48. The Kier molecular flexibility index (Phi) is 5.80. The van der Waals surface area contributed by atoms with Crippen molar-refractivity contribution >= 4 is 17.5 Å². The normalized spacial score (nSPS) is 19.7.